The Bertz CT molecular complexity index is 452. The fourth-order valence-corrected chi connectivity index (χ4v) is 3.05. The van der Waals surface area contributed by atoms with Gasteiger partial charge < -0.3 is 15.6 Å². The maximum absolute atomic E-state index is 9.78. The van der Waals surface area contributed by atoms with Gasteiger partial charge in [0.15, 0.2) is 11.5 Å². The van der Waals surface area contributed by atoms with Crippen LogP contribution in [0.1, 0.15) is 45.1 Å². The molecule has 1 unspecified atom stereocenters. The third-order valence-corrected chi connectivity index (χ3v) is 4.21. The van der Waals surface area contributed by atoms with E-state index in [1.54, 1.807) is 6.07 Å². The number of rotatable bonds is 5. The molecule has 1 aromatic carbocycles. The molecular weight excluding hydrogens is 264 g/mol. The molecule has 1 atom stereocenters. The van der Waals surface area contributed by atoms with E-state index in [4.69, 9.17) is 10.5 Å². The molecular formula is C17H28N2O2. The van der Waals surface area contributed by atoms with E-state index in [1.807, 2.05) is 19.1 Å². The smallest absolute Gasteiger partial charge is 0.161 e. The number of ether oxygens (including phenoxy) is 1. The Kier molecular flexibility index (Phi) is 5.48. The zero-order chi connectivity index (χ0) is 15.3. The number of hydrogen-bond acceptors (Lipinski definition) is 4. The quantitative estimate of drug-likeness (QED) is 0.876. The summed E-state index contributed by atoms with van der Waals surface area (Å²) in [6.07, 6.45) is 5.83. The van der Waals surface area contributed by atoms with Gasteiger partial charge in [0.2, 0.25) is 0 Å². The van der Waals surface area contributed by atoms with Gasteiger partial charge >= 0.3 is 0 Å². The molecule has 1 saturated heterocycles. The molecule has 0 bridgehead atoms. The van der Waals surface area contributed by atoms with E-state index in [0.717, 1.165) is 25.1 Å². The maximum atomic E-state index is 9.78. The molecule has 3 N–H and O–H groups in total. The third-order valence-electron chi connectivity index (χ3n) is 4.21. The number of nitrogens with zero attached hydrogens (tertiary/aromatic N) is 1. The van der Waals surface area contributed by atoms with Gasteiger partial charge in [0.25, 0.3) is 0 Å². The molecule has 2 rings (SSSR count). The molecule has 1 aromatic rings. The maximum Gasteiger partial charge on any atom is 0.161 e. The summed E-state index contributed by atoms with van der Waals surface area (Å²) in [6.45, 7) is 6.71. The van der Waals surface area contributed by atoms with E-state index in [9.17, 15) is 5.11 Å². The summed E-state index contributed by atoms with van der Waals surface area (Å²) in [5.74, 6) is 0.732. The minimum atomic E-state index is -0.356. The Hall–Kier alpha value is -1.26. The second-order valence-corrected chi connectivity index (χ2v) is 6.17. The van der Waals surface area contributed by atoms with E-state index in [2.05, 4.69) is 11.8 Å². The molecule has 0 aliphatic carbocycles. The molecule has 1 aliphatic rings. The van der Waals surface area contributed by atoms with Crippen molar-refractivity contribution < 1.29 is 9.84 Å². The number of benzene rings is 1. The number of aromatic hydroxyl groups is 1. The van der Waals surface area contributed by atoms with Gasteiger partial charge in [-0.1, -0.05) is 18.9 Å². The summed E-state index contributed by atoms with van der Waals surface area (Å²) >= 11 is 0. The fraction of sp³-hybridized carbons (Fsp3) is 0.647. The SMILES string of the molecule is CCOc1cc(CC(C)(N)N2CCCCCC2)ccc1O. The summed E-state index contributed by atoms with van der Waals surface area (Å²) in [6, 6.07) is 5.53. The summed E-state index contributed by atoms with van der Waals surface area (Å²) in [5.41, 5.74) is 7.32. The molecule has 118 valence electrons. The molecule has 1 heterocycles. The van der Waals surface area contributed by atoms with E-state index < -0.39 is 0 Å². The lowest BCUT2D eigenvalue weighted by Gasteiger charge is -2.38. The molecule has 0 spiro atoms. The van der Waals surface area contributed by atoms with Crippen molar-refractivity contribution in [3.63, 3.8) is 0 Å². The zero-order valence-electron chi connectivity index (χ0n) is 13.3. The largest absolute Gasteiger partial charge is 0.504 e. The first kappa shape index (κ1) is 16.1. The minimum absolute atomic E-state index is 0.189. The molecule has 21 heavy (non-hydrogen) atoms. The Morgan fingerprint density at radius 2 is 1.90 bits per heavy atom. The highest BCUT2D eigenvalue weighted by atomic mass is 16.5. The van der Waals surface area contributed by atoms with Gasteiger partial charge in [0, 0.05) is 6.42 Å². The molecule has 1 fully saturated rings. The molecule has 0 saturated carbocycles. The van der Waals surface area contributed by atoms with Crippen molar-refractivity contribution in [1.82, 2.24) is 4.90 Å². The van der Waals surface area contributed by atoms with Gasteiger partial charge in [-0.15, -0.1) is 0 Å². The van der Waals surface area contributed by atoms with Crippen molar-refractivity contribution in [1.29, 1.82) is 0 Å². The van der Waals surface area contributed by atoms with Crippen LogP contribution in [0.25, 0.3) is 0 Å². The summed E-state index contributed by atoms with van der Waals surface area (Å²) in [7, 11) is 0. The van der Waals surface area contributed by atoms with Crippen molar-refractivity contribution in [2.45, 2.75) is 51.6 Å². The van der Waals surface area contributed by atoms with Crippen molar-refractivity contribution in [3.05, 3.63) is 23.8 Å². The van der Waals surface area contributed by atoms with Gasteiger partial charge in [-0.3, -0.25) is 4.90 Å². The molecule has 0 amide bonds. The second-order valence-electron chi connectivity index (χ2n) is 6.17. The van der Waals surface area contributed by atoms with Crippen molar-refractivity contribution in [2.75, 3.05) is 19.7 Å². The highest BCUT2D eigenvalue weighted by molar-refractivity contribution is 5.42. The van der Waals surface area contributed by atoms with Crippen LogP contribution < -0.4 is 10.5 Å². The van der Waals surface area contributed by atoms with Crippen molar-refractivity contribution >= 4 is 0 Å². The average molecular weight is 292 g/mol. The summed E-state index contributed by atoms with van der Waals surface area (Å²) in [4.78, 5) is 2.40. The first-order chi connectivity index (χ1) is 10.0. The van der Waals surface area contributed by atoms with Crippen LogP contribution in [0.5, 0.6) is 11.5 Å². The highest BCUT2D eigenvalue weighted by Crippen LogP contribution is 2.29. The molecule has 4 nitrogen and oxygen atoms in total. The first-order valence-electron chi connectivity index (χ1n) is 8.01. The van der Waals surface area contributed by atoms with E-state index in [-0.39, 0.29) is 11.4 Å². The van der Waals surface area contributed by atoms with E-state index >= 15 is 0 Å². The topological polar surface area (TPSA) is 58.7 Å². The predicted octanol–water partition coefficient (Wildman–Crippen LogP) is 2.88. The lowest BCUT2D eigenvalue weighted by atomic mass is 9.99. The van der Waals surface area contributed by atoms with Crippen LogP contribution in [0.4, 0.5) is 0 Å². The summed E-state index contributed by atoms with van der Waals surface area (Å²) in [5, 5.41) is 9.78. The van der Waals surface area contributed by atoms with Crippen LogP contribution in [-0.2, 0) is 6.42 Å². The lowest BCUT2D eigenvalue weighted by molar-refractivity contribution is 0.113. The monoisotopic (exact) mass is 292 g/mol. The Balaban J connectivity index is 2.09. The number of phenols is 1. The van der Waals surface area contributed by atoms with E-state index in [1.165, 1.54) is 25.7 Å². The minimum Gasteiger partial charge on any atom is -0.504 e. The molecule has 4 heteroatoms. The number of phenolic OH excluding ortho intramolecular Hbond substituents is 1. The third kappa shape index (κ3) is 4.35. The summed E-state index contributed by atoms with van der Waals surface area (Å²) < 4.78 is 5.45. The Morgan fingerprint density at radius 1 is 1.24 bits per heavy atom. The van der Waals surface area contributed by atoms with Crippen molar-refractivity contribution in [2.24, 2.45) is 5.73 Å². The normalized spacial score (nSPS) is 19.8. The zero-order valence-corrected chi connectivity index (χ0v) is 13.3. The van der Waals surface area contributed by atoms with Crippen LogP contribution >= 0.6 is 0 Å². The van der Waals surface area contributed by atoms with Gasteiger partial charge in [-0.2, -0.15) is 0 Å². The molecule has 0 radical (unpaired) electrons. The first-order valence-corrected chi connectivity index (χ1v) is 8.01. The van der Waals surface area contributed by atoms with E-state index in [0.29, 0.717) is 12.4 Å². The number of hydrogen-bond donors (Lipinski definition) is 2. The lowest BCUT2D eigenvalue weighted by Crippen LogP contribution is -2.55. The Morgan fingerprint density at radius 3 is 2.52 bits per heavy atom. The van der Waals surface area contributed by atoms with Gasteiger partial charge in [0.1, 0.15) is 0 Å². The van der Waals surface area contributed by atoms with Crippen LogP contribution in [0.2, 0.25) is 0 Å². The van der Waals surface area contributed by atoms with Crippen LogP contribution in [0.15, 0.2) is 18.2 Å². The Labute approximate surface area is 127 Å². The number of nitrogens with two attached hydrogens (primary N) is 1. The highest BCUT2D eigenvalue weighted by Gasteiger charge is 2.28. The van der Waals surface area contributed by atoms with Crippen LogP contribution in [0.3, 0.4) is 0 Å². The van der Waals surface area contributed by atoms with Crippen LogP contribution in [-0.4, -0.2) is 35.4 Å². The molecule has 0 aromatic heterocycles. The molecule has 1 aliphatic heterocycles. The van der Waals surface area contributed by atoms with Gasteiger partial charge in [-0.25, -0.2) is 0 Å². The standard InChI is InChI=1S/C17H28N2O2/c1-3-21-16-12-14(8-9-15(16)20)13-17(2,18)19-10-6-4-5-7-11-19/h8-9,12,20H,3-7,10-11,13,18H2,1-2H3. The van der Waals surface area contributed by atoms with Crippen LogP contribution in [0, 0.1) is 0 Å². The average Bonchev–Trinajstić information content (AvgIpc) is 2.72. The fourth-order valence-electron chi connectivity index (χ4n) is 3.05. The van der Waals surface area contributed by atoms with Crippen molar-refractivity contribution in [3.8, 4) is 11.5 Å². The van der Waals surface area contributed by atoms with Gasteiger partial charge in [0.05, 0.1) is 12.3 Å². The van der Waals surface area contributed by atoms with Gasteiger partial charge in [-0.05, 0) is 57.5 Å². The second kappa shape index (κ2) is 7.14. The predicted molar refractivity (Wildman–Crippen MR) is 85.6 cm³/mol. The number of likely N-dealkylation sites (tertiary alicyclic amines) is 1.